The smallest absolute Gasteiger partial charge is 0.873 e. The number of phenolic OH excluding ortho intramolecular Hbond substituents is 1. The maximum absolute atomic E-state index is 12.2. The van der Waals surface area contributed by atoms with Gasteiger partial charge in [0.05, 0.1) is 0 Å². The number of aliphatic hydroxyl groups is 1. The van der Waals surface area contributed by atoms with Gasteiger partial charge in [0.1, 0.15) is 5.75 Å². The molecule has 1 aliphatic carbocycles. The summed E-state index contributed by atoms with van der Waals surface area (Å²) in [5.74, 6) is -0.338. The number of hydrogen-bond acceptors (Lipinski definition) is 4. The van der Waals surface area contributed by atoms with Gasteiger partial charge in [0.15, 0.2) is 0 Å². The molecule has 3 rings (SSSR count). The summed E-state index contributed by atoms with van der Waals surface area (Å²) < 4.78 is 0. The standard InChI is InChI=1S/C16H15N2O4.2Cu.2H2O/c19-11-7-3-1-5-9(11)17-13-15(21)14(16(13)22)18-10-6-2-4-8-12(10)20;;;;/h1-8,13-16,19-21H;;;2*1H2/q-3;2*+2;;/p-1. The molecule has 0 heterocycles. The van der Waals surface area contributed by atoms with Crippen LogP contribution >= 0.6 is 0 Å². The minimum Gasteiger partial charge on any atom is -0.873 e. The SMILES string of the molecule is O.O.[Cu+2].[Cu+2].[O-]c1ccccc1[N-]C1C([O-])C([N-]c2ccccc2O)C1O. The van der Waals surface area contributed by atoms with Gasteiger partial charge in [-0.15, -0.1) is 29.6 Å². The average molecular weight is 461 g/mol. The van der Waals surface area contributed by atoms with Gasteiger partial charge >= 0.3 is 34.1 Å². The van der Waals surface area contributed by atoms with Crippen LogP contribution in [-0.2, 0) is 34.1 Å². The molecule has 0 amide bonds. The van der Waals surface area contributed by atoms with Gasteiger partial charge in [-0.3, -0.25) is 0 Å². The molecular formula is C16H18Cu2N2O6. The maximum Gasteiger partial charge on any atom is 2.00 e. The van der Waals surface area contributed by atoms with Gasteiger partial charge in [-0.05, 0) is 6.07 Å². The molecule has 0 saturated heterocycles. The van der Waals surface area contributed by atoms with Crippen molar-refractivity contribution in [2.24, 2.45) is 0 Å². The van der Waals surface area contributed by atoms with E-state index in [4.69, 9.17) is 0 Å². The molecular weight excluding hydrogens is 443 g/mol. The predicted octanol–water partition coefficient (Wildman–Crippen LogP) is -0.637. The molecule has 1 saturated carbocycles. The summed E-state index contributed by atoms with van der Waals surface area (Å²) in [6.07, 6.45) is -2.32. The summed E-state index contributed by atoms with van der Waals surface area (Å²) >= 11 is 0. The third-order valence-corrected chi connectivity index (χ3v) is 3.70. The van der Waals surface area contributed by atoms with Crippen LogP contribution in [0.2, 0.25) is 0 Å². The van der Waals surface area contributed by atoms with Crippen molar-refractivity contribution in [2.75, 3.05) is 0 Å². The van der Waals surface area contributed by atoms with Gasteiger partial charge < -0.3 is 42.0 Å². The Bertz CT molecular complexity index is 613. The van der Waals surface area contributed by atoms with Crippen molar-refractivity contribution in [2.45, 2.75) is 24.3 Å². The number of para-hydroxylation sites is 4. The monoisotopic (exact) mass is 460 g/mol. The molecule has 1 aliphatic rings. The van der Waals surface area contributed by atoms with Gasteiger partial charge in [0.25, 0.3) is 0 Å². The summed E-state index contributed by atoms with van der Waals surface area (Å²) in [6.45, 7) is 0. The maximum atomic E-state index is 12.2. The van der Waals surface area contributed by atoms with E-state index in [0.717, 1.165) is 0 Å². The van der Waals surface area contributed by atoms with Crippen LogP contribution in [0.4, 0.5) is 11.4 Å². The van der Waals surface area contributed by atoms with Crippen LogP contribution in [0.1, 0.15) is 0 Å². The van der Waals surface area contributed by atoms with Crippen molar-refractivity contribution >= 4 is 11.4 Å². The molecule has 1 fully saturated rings. The molecule has 4 atom stereocenters. The quantitative estimate of drug-likeness (QED) is 0.576. The molecule has 4 unspecified atom stereocenters. The van der Waals surface area contributed by atoms with Crippen molar-refractivity contribution < 1.29 is 65.5 Å². The van der Waals surface area contributed by atoms with E-state index < -0.39 is 24.3 Å². The molecule has 0 aliphatic heterocycles. The van der Waals surface area contributed by atoms with E-state index in [-0.39, 0.29) is 68.0 Å². The second-order valence-corrected chi connectivity index (χ2v) is 5.15. The minimum absolute atomic E-state index is 0. The van der Waals surface area contributed by atoms with E-state index in [1.54, 1.807) is 30.3 Å². The molecule has 6 N–H and O–H groups in total. The number of rotatable bonds is 4. The Hall–Kier alpha value is -1.48. The van der Waals surface area contributed by atoms with Crippen molar-refractivity contribution in [3.63, 3.8) is 0 Å². The molecule has 10 heteroatoms. The normalized spacial score (nSPS) is 22.8. The molecule has 26 heavy (non-hydrogen) atoms. The van der Waals surface area contributed by atoms with Gasteiger partial charge in [-0.2, -0.15) is 0 Å². The second-order valence-electron chi connectivity index (χ2n) is 5.15. The van der Waals surface area contributed by atoms with Crippen LogP contribution in [-0.4, -0.2) is 45.5 Å². The van der Waals surface area contributed by atoms with E-state index in [2.05, 4.69) is 10.6 Å². The van der Waals surface area contributed by atoms with Crippen LogP contribution < -0.4 is 10.2 Å². The van der Waals surface area contributed by atoms with Crippen LogP contribution in [0.3, 0.4) is 0 Å². The van der Waals surface area contributed by atoms with Gasteiger partial charge in [0, 0.05) is 6.10 Å². The van der Waals surface area contributed by atoms with E-state index >= 15 is 0 Å². The van der Waals surface area contributed by atoms with E-state index in [1.165, 1.54) is 18.2 Å². The molecule has 0 spiro atoms. The van der Waals surface area contributed by atoms with E-state index in [9.17, 15) is 20.4 Å². The summed E-state index contributed by atoms with van der Waals surface area (Å²) in [5.41, 5.74) is 0.420. The number of aromatic hydroxyl groups is 1. The Kier molecular flexibility index (Phi) is 11.6. The zero-order valence-corrected chi connectivity index (χ0v) is 15.0. The topological polar surface area (TPSA) is 178 Å². The molecule has 0 bridgehead atoms. The first-order valence-corrected chi connectivity index (χ1v) is 6.87. The minimum atomic E-state index is -1.26. The second kappa shape index (κ2) is 11.3. The summed E-state index contributed by atoms with van der Waals surface area (Å²) in [6, 6.07) is 10.6. The zero-order valence-electron chi connectivity index (χ0n) is 13.1. The summed E-state index contributed by atoms with van der Waals surface area (Å²) in [5, 5.41) is 51.6. The summed E-state index contributed by atoms with van der Waals surface area (Å²) in [4.78, 5) is 0. The van der Waals surface area contributed by atoms with Crippen LogP contribution in [0.15, 0.2) is 48.5 Å². The third-order valence-electron chi connectivity index (χ3n) is 3.70. The molecule has 150 valence electrons. The fraction of sp³-hybridized carbons (Fsp3) is 0.250. The first kappa shape index (κ1) is 26.7. The predicted molar refractivity (Wildman–Crippen MR) is 84.6 cm³/mol. The number of hydrogen-bond donors (Lipinski definition) is 2. The Morgan fingerprint density at radius 2 is 1.27 bits per heavy atom. The largest absolute Gasteiger partial charge is 2.00 e. The van der Waals surface area contributed by atoms with Crippen molar-refractivity contribution in [1.29, 1.82) is 0 Å². The van der Waals surface area contributed by atoms with E-state index in [0.29, 0.717) is 0 Å². The van der Waals surface area contributed by atoms with Gasteiger partial charge in [-0.25, -0.2) is 0 Å². The molecule has 0 aromatic heterocycles. The number of nitrogens with zero attached hydrogens (tertiary/aromatic N) is 2. The Balaban J connectivity index is 0. The average Bonchev–Trinajstić information content (AvgIpc) is 2.53. The fourth-order valence-electron chi connectivity index (χ4n) is 2.41. The Labute approximate surface area is 171 Å². The number of aliphatic hydroxyl groups excluding tert-OH is 1. The van der Waals surface area contributed by atoms with Crippen molar-refractivity contribution in [3.8, 4) is 11.5 Å². The molecule has 2 radical (unpaired) electrons. The fourth-order valence-corrected chi connectivity index (χ4v) is 2.41. The van der Waals surface area contributed by atoms with Gasteiger partial charge in [-0.1, -0.05) is 48.2 Å². The van der Waals surface area contributed by atoms with E-state index in [1.807, 2.05) is 0 Å². The first-order valence-electron chi connectivity index (χ1n) is 6.87. The summed E-state index contributed by atoms with van der Waals surface area (Å²) in [7, 11) is 0. The Morgan fingerprint density at radius 3 is 1.77 bits per heavy atom. The number of phenols is 1. The van der Waals surface area contributed by atoms with Crippen LogP contribution in [0, 0.1) is 0 Å². The van der Waals surface area contributed by atoms with Crippen molar-refractivity contribution in [1.82, 2.24) is 0 Å². The molecule has 8 nitrogen and oxygen atoms in total. The first-order chi connectivity index (χ1) is 10.6. The number of benzene rings is 2. The van der Waals surface area contributed by atoms with Crippen LogP contribution in [0.5, 0.6) is 11.5 Å². The molecule has 2 aromatic carbocycles. The van der Waals surface area contributed by atoms with Gasteiger partial charge in [0.2, 0.25) is 0 Å². The van der Waals surface area contributed by atoms with Crippen molar-refractivity contribution in [3.05, 3.63) is 59.2 Å². The zero-order chi connectivity index (χ0) is 15.7. The molecule has 2 aromatic rings. The third kappa shape index (κ3) is 5.26. The van der Waals surface area contributed by atoms with Crippen LogP contribution in [0.25, 0.3) is 10.6 Å². The Morgan fingerprint density at radius 1 is 0.808 bits per heavy atom.